The number of nitrogens with zero attached hydrogens (tertiary/aromatic N) is 2. The maximum atomic E-state index is 6.55. The number of fused-ring (bicyclic) bond motifs is 2. The van der Waals surface area contributed by atoms with E-state index in [1.165, 1.54) is 5.56 Å². The number of hydrogen-bond donors (Lipinski definition) is 0. The zero-order chi connectivity index (χ0) is 33.3. The van der Waals surface area contributed by atoms with Crippen LogP contribution in [0.25, 0.3) is 45.0 Å². The molecule has 3 heteroatoms. The molecule has 1 aliphatic heterocycles. The van der Waals surface area contributed by atoms with E-state index in [-0.39, 0.29) is 0 Å². The van der Waals surface area contributed by atoms with E-state index in [1.807, 2.05) is 48.5 Å². The van der Waals surface area contributed by atoms with Gasteiger partial charge in [-0.25, -0.2) is 9.97 Å². The van der Waals surface area contributed by atoms with E-state index < -0.39 is 5.41 Å². The lowest BCUT2D eigenvalue weighted by Crippen LogP contribution is -2.34. The van der Waals surface area contributed by atoms with Crippen LogP contribution in [0.5, 0.6) is 11.5 Å². The molecule has 8 aromatic rings. The number of aromatic nitrogens is 2. The number of benzene rings is 7. The molecule has 50 heavy (non-hydrogen) atoms. The summed E-state index contributed by atoms with van der Waals surface area (Å²) in [7, 11) is 0. The quantitative estimate of drug-likeness (QED) is 0.181. The Balaban J connectivity index is 1.27. The van der Waals surface area contributed by atoms with Gasteiger partial charge < -0.3 is 4.74 Å². The highest BCUT2D eigenvalue weighted by molar-refractivity contribution is 5.83. The fourth-order valence-electron chi connectivity index (χ4n) is 7.40. The Bertz CT molecular complexity index is 2350. The average Bonchev–Trinajstić information content (AvgIpc) is 3.21. The first-order chi connectivity index (χ1) is 24.8. The minimum atomic E-state index is -0.609. The van der Waals surface area contributed by atoms with E-state index >= 15 is 0 Å². The van der Waals surface area contributed by atoms with Crippen LogP contribution >= 0.6 is 0 Å². The molecule has 1 aromatic heterocycles. The zero-order valence-corrected chi connectivity index (χ0v) is 27.3. The minimum absolute atomic E-state index is 0.609. The normalized spacial score (nSPS) is 12.7. The molecule has 0 spiro atoms. The van der Waals surface area contributed by atoms with Crippen LogP contribution in [-0.2, 0) is 5.41 Å². The molecule has 2 heterocycles. The number of ether oxygens (including phenoxy) is 1. The Hall–Kier alpha value is -6.58. The summed E-state index contributed by atoms with van der Waals surface area (Å²) < 4.78 is 6.55. The summed E-state index contributed by atoms with van der Waals surface area (Å²) in [6.45, 7) is 0. The van der Waals surface area contributed by atoms with Gasteiger partial charge in [0.15, 0.2) is 5.82 Å². The summed E-state index contributed by atoms with van der Waals surface area (Å²) >= 11 is 0. The van der Waals surface area contributed by atoms with Crippen molar-refractivity contribution in [2.45, 2.75) is 5.41 Å². The Labute approximate surface area is 292 Å². The minimum Gasteiger partial charge on any atom is -0.457 e. The summed E-state index contributed by atoms with van der Waals surface area (Å²) in [5.41, 5.74) is 11.0. The standard InChI is InChI=1S/C47H32N2O/c1-4-17-33(18-5-1)42-32-43(34-19-6-2-7-20-34)49-46(48-42)39-26-11-10-25-38(39)35-21-16-24-37(31-35)47(36-22-8-3-9-23-36)40-27-12-14-29-44(40)50-45-30-15-13-28-41(45)47/h1-32H. The molecule has 0 amide bonds. The second-order valence-electron chi connectivity index (χ2n) is 12.5. The molecule has 0 atom stereocenters. The molecule has 0 unspecified atom stereocenters. The van der Waals surface area contributed by atoms with Crippen LogP contribution in [0.15, 0.2) is 194 Å². The van der Waals surface area contributed by atoms with Crippen molar-refractivity contribution in [3.8, 4) is 56.5 Å². The molecule has 0 saturated carbocycles. The van der Waals surface area contributed by atoms with Gasteiger partial charge in [0.05, 0.1) is 16.8 Å². The highest BCUT2D eigenvalue weighted by Crippen LogP contribution is 2.55. The van der Waals surface area contributed by atoms with Gasteiger partial charge in [-0.15, -0.1) is 0 Å². The summed E-state index contributed by atoms with van der Waals surface area (Å²) in [6.07, 6.45) is 0. The van der Waals surface area contributed by atoms with E-state index in [9.17, 15) is 0 Å². The van der Waals surface area contributed by atoms with Crippen molar-refractivity contribution >= 4 is 0 Å². The molecule has 0 N–H and O–H groups in total. The van der Waals surface area contributed by atoms with Gasteiger partial charge in [-0.3, -0.25) is 0 Å². The summed E-state index contributed by atoms with van der Waals surface area (Å²) in [5.74, 6) is 2.41. The Kier molecular flexibility index (Phi) is 7.37. The van der Waals surface area contributed by atoms with E-state index in [0.717, 1.165) is 67.4 Å². The number of rotatable bonds is 6. The lowest BCUT2D eigenvalue weighted by atomic mass is 9.63. The smallest absolute Gasteiger partial charge is 0.161 e. The molecular weight excluding hydrogens is 609 g/mol. The number of hydrogen-bond acceptors (Lipinski definition) is 3. The van der Waals surface area contributed by atoms with E-state index in [0.29, 0.717) is 5.82 Å². The lowest BCUT2D eigenvalue weighted by molar-refractivity contribution is 0.434. The molecule has 0 fully saturated rings. The van der Waals surface area contributed by atoms with Crippen LogP contribution < -0.4 is 4.74 Å². The van der Waals surface area contributed by atoms with Gasteiger partial charge in [0, 0.05) is 27.8 Å². The van der Waals surface area contributed by atoms with Gasteiger partial charge in [0.1, 0.15) is 11.5 Å². The highest BCUT2D eigenvalue weighted by atomic mass is 16.5. The van der Waals surface area contributed by atoms with Crippen LogP contribution in [0.1, 0.15) is 22.3 Å². The topological polar surface area (TPSA) is 35.0 Å². The first kappa shape index (κ1) is 29.6. The third-order valence-corrected chi connectivity index (χ3v) is 9.65. The molecule has 1 aliphatic rings. The van der Waals surface area contributed by atoms with E-state index in [4.69, 9.17) is 14.7 Å². The average molecular weight is 641 g/mol. The fraction of sp³-hybridized carbons (Fsp3) is 0.0213. The molecule has 0 radical (unpaired) electrons. The Morgan fingerprint density at radius 3 is 1.42 bits per heavy atom. The van der Waals surface area contributed by atoms with Crippen molar-refractivity contribution in [1.82, 2.24) is 9.97 Å². The van der Waals surface area contributed by atoms with Gasteiger partial charge in [-0.2, -0.15) is 0 Å². The summed E-state index contributed by atoms with van der Waals surface area (Å²) in [6, 6.07) is 67.8. The van der Waals surface area contributed by atoms with Crippen LogP contribution in [-0.4, -0.2) is 9.97 Å². The van der Waals surface area contributed by atoms with E-state index in [1.54, 1.807) is 0 Å². The zero-order valence-electron chi connectivity index (χ0n) is 27.3. The molecule has 7 aromatic carbocycles. The highest BCUT2D eigenvalue weighted by Gasteiger charge is 2.45. The molecule has 0 aliphatic carbocycles. The largest absolute Gasteiger partial charge is 0.457 e. The van der Waals surface area contributed by atoms with Crippen LogP contribution in [0.2, 0.25) is 0 Å². The summed E-state index contributed by atoms with van der Waals surface area (Å²) in [5, 5.41) is 0. The predicted octanol–water partition coefficient (Wildman–Crippen LogP) is 11.6. The molecule has 0 saturated heterocycles. The van der Waals surface area contributed by atoms with Gasteiger partial charge in [0.25, 0.3) is 0 Å². The monoisotopic (exact) mass is 640 g/mol. The first-order valence-corrected chi connectivity index (χ1v) is 16.9. The van der Waals surface area contributed by atoms with Crippen LogP contribution in [0, 0.1) is 0 Å². The third kappa shape index (κ3) is 4.99. The second kappa shape index (κ2) is 12.5. The van der Waals surface area contributed by atoms with Crippen molar-refractivity contribution in [3.63, 3.8) is 0 Å². The van der Waals surface area contributed by atoms with E-state index in [2.05, 4.69) is 146 Å². The van der Waals surface area contributed by atoms with Crippen LogP contribution in [0.4, 0.5) is 0 Å². The van der Waals surface area contributed by atoms with Gasteiger partial charge in [-0.1, -0.05) is 170 Å². The first-order valence-electron chi connectivity index (χ1n) is 16.9. The lowest BCUT2D eigenvalue weighted by Gasteiger charge is -2.41. The maximum Gasteiger partial charge on any atom is 0.161 e. The van der Waals surface area contributed by atoms with Crippen molar-refractivity contribution < 1.29 is 4.74 Å². The van der Waals surface area contributed by atoms with Crippen molar-refractivity contribution in [2.75, 3.05) is 0 Å². The fourth-order valence-corrected chi connectivity index (χ4v) is 7.40. The molecular formula is C47H32N2O. The predicted molar refractivity (Wildman–Crippen MR) is 202 cm³/mol. The molecule has 9 rings (SSSR count). The number of para-hydroxylation sites is 2. The van der Waals surface area contributed by atoms with Crippen LogP contribution in [0.3, 0.4) is 0 Å². The second-order valence-corrected chi connectivity index (χ2v) is 12.5. The molecule has 236 valence electrons. The Morgan fingerprint density at radius 1 is 0.360 bits per heavy atom. The van der Waals surface area contributed by atoms with Crippen molar-refractivity contribution in [2.24, 2.45) is 0 Å². The van der Waals surface area contributed by atoms with Gasteiger partial charge >= 0.3 is 0 Å². The van der Waals surface area contributed by atoms with Gasteiger partial charge in [0.2, 0.25) is 0 Å². The van der Waals surface area contributed by atoms with Gasteiger partial charge in [-0.05, 0) is 46.5 Å². The maximum absolute atomic E-state index is 6.55. The Morgan fingerprint density at radius 2 is 0.820 bits per heavy atom. The molecule has 0 bridgehead atoms. The third-order valence-electron chi connectivity index (χ3n) is 9.65. The molecule has 3 nitrogen and oxygen atoms in total. The van der Waals surface area contributed by atoms with Crippen molar-refractivity contribution in [1.29, 1.82) is 0 Å². The summed E-state index contributed by atoms with van der Waals surface area (Å²) in [4.78, 5) is 10.4. The van der Waals surface area contributed by atoms with Crippen molar-refractivity contribution in [3.05, 3.63) is 216 Å². The SMILES string of the molecule is c1ccc(-c2cc(-c3ccccc3)nc(-c3ccccc3-c3cccc(C4(c5ccccc5)c5ccccc5Oc5ccccc54)c3)n2)cc1.